The van der Waals surface area contributed by atoms with Gasteiger partial charge in [-0.2, -0.15) is 0 Å². The summed E-state index contributed by atoms with van der Waals surface area (Å²) in [6.07, 6.45) is 0.400. The second-order valence-corrected chi connectivity index (χ2v) is 5.13. The normalized spacial score (nSPS) is 21.1. The van der Waals surface area contributed by atoms with E-state index in [1.54, 1.807) is 11.9 Å². The second kappa shape index (κ2) is 4.76. The Hall–Kier alpha value is -2.13. The number of rotatable bonds is 3. The molecule has 0 fully saturated rings. The van der Waals surface area contributed by atoms with Gasteiger partial charge in [0, 0.05) is 19.3 Å². The number of para-hydroxylation sites is 1. The number of nitrogens with zero attached hydrogens (tertiary/aromatic N) is 1. The molecule has 0 saturated heterocycles. The Labute approximate surface area is 118 Å². The van der Waals surface area contributed by atoms with E-state index in [9.17, 15) is 9.90 Å². The molecule has 1 heterocycles. The average Bonchev–Trinajstić information content (AvgIpc) is 2.72. The highest BCUT2D eigenvalue weighted by Gasteiger charge is 2.50. The summed E-state index contributed by atoms with van der Waals surface area (Å²) in [5.41, 5.74) is 2.08. The number of carbonyl (C=O) groups is 1. The first-order valence-corrected chi connectivity index (χ1v) is 6.76. The predicted octanol–water partition coefficient (Wildman–Crippen LogP) is 2.33. The summed E-state index contributed by atoms with van der Waals surface area (Å²) in [6, 6.07) is 17.5. The molecule has 3 heteroatoms. The highest BCUT2D eigenvalue weighted by molar-refractivity contribution is 6.10. The van der Waals surface area contributed by atoms with Crippen LogP contribution in [0.25, 0.3) is 0 Å². The molecule has 0 spiro atoms. The van der Waals surface area contributed by atoms with Crippen molar-refractivity contribution >= 4 is 11.6 Å². The number of benzene rings is 2. The van der Waals surface area contributed by atoms with Gasteiger partial charge in [0.05, 0.1) is 0 Å². The van der Waals surface area contributed by atoms with Crippen LogP contribution in [0.4, 0.5) is 5.69 Å². The largest absolute Gasteiger partial charge is 0.396 e. The summed E-state index contributed by atoms with van der Waals surface area (Å²) < 4.78 is 0. The Morgan fingerprint density at radius 1 is 1.05 bits per heavy atom. The Kier molecular flexibility index (Phi) is 3.07. The molecule has 2 aromatic rings. The van der Waals surface area contributed by atoms with Crippen molar-refractivity contribution < 1.29 is 9.90 Å². The zero-order valence-corrected chi connectivity index (χ0v) is 11.4. The molecule has 1 aliphatic rings. The third-order valence-corrected chi connectivity index (χ3v) is 4.15. The maximum Gasteiger partial charge on any atom is 0.242 e. The van der Waals surface area contributed by atoms with E-state index in [1.807, 2.05) is 54.6 Å². The van der Waals surface area contributed by atoms with Gasteiger partial charge in [-0.3, -0.25) is 4.79 Å². The topological polar surface area (TPSA) is 40.5 Å². The van der Waals surface area contributed by atoms with Crippen molar-refractivity contribution in [3.8, 4) is 0 Å². The summed E-state index contributed by atoms with van der Waals surface area (Å²) in [5.74, 6) is 0.0268. The van der Waals surface area contributed by atoms with Gasteiger partial charge < -0.3 is 10.0 Å². The van der Waals surface area contributed by atoms with E-state index in [4.69, 9.17) is 0 Å². The Balaban J connectivity index is 2.28. The van der Waals surface area contributed by atoms with Crippen molar-refractivity contribution in [2.24, 2.45) is 0 Å². The quantitative estimate of drug-likeness (QED) is 0.927. The van der Waals surface area contributed by atoms with Gasteiger partial charge in [0.1, 0.15) is 5.41 Å². The zero-order chi connectivity index (χ0) is 14.2. The Bertz CT molecular complexity index is 638. The van der Waals surface area contributed by atoms with Gasteiger partial charge in [-0.05, 0) is 23.6 Å². The van der Waals surface area contributed by atoms with E-state index in [0.29, 0.717) is 6.42 Å². The minimum absolute atomic E-state index is 0.0250. The van der Waals surface area contributed by atoms with E-state index in [0.717, 1.165) is 16.8 Å². The molecule has 0 aromatic heterocycles. The maximum absolute atomic E-state index is 12.9. The molecule has 0 saturated carbocycles. The van der Waals surface area contributed by atoms with Crippen LogP contribution >= 0.6 is 0 Å². The molecule has 1 N–H and O–H groups in total. The van der Waals surface area contributed by atoms with Crippen LogP contribution in [0, 0.1) is 0 Å². The van der Waals surface area contributed by atoms with E-state index < -0.39 is 5.41 Å². The molecule has 0 unspecified atom stereocenters. The lowest BCUT2D eigenvalue weighted by atomic mass is 9.73. The zero-order valence-electron chi connectivity index (χ0n) is 11.4. The van der Waals surface area contributed by atoms with Gasteiger partial charge in [-0.15, -0.1) is 0 Å². The van der Waals surface area contributed by atoms with Crippen LogP contribution in [0.15, 0.2) is 54.6 Å². The van der Waals surface area contributed by atoms with Gasteiger partial charge in [-0.25, -0.2) is 0 Å². The number of aliphatic hydroxyl groups is 1. The smallest absolute Gasteiger partial charge is 0.242 e. The number of aliphatic hydroxyl groups excluding tert-OH is 1. The molecule has 1 atom stereocenters. The Morgan fingerprint density at radius 3 is 2.40 bits per heavy atom. The fourth-order valence-electron chi connectivity index (χ4n) is 3.19. The fraction of sp³-hybridized carbons (Fsp3) is 0.235. The van der Waals surface area contributed by atoms with Crippen molar-refractivity contribution in [3.05, 3.63) is 65.7 Å². The highest BCUT2D eigenvalue weighted by atomic mass is 16.3. The van der Waals surface area contributed by atoms with E-state index >= 15 is 0 Å². The molecule has 3 nitrogen and oxygen atoms in total. The van der Waals surface area contributed by atoms with Crippen molar-refractivity contribution in [2.75, 3.05) is 18.6 Å². The summed E-state index contributed by atoms with van der Waals surface area (Å²) in [4.78, 5) is 14.6. The van der Waals surface area contributed by atoms with Crippen LogP contribution in [-0.4, -0.2) is 24.7 Å². The number of fused-ring (bicyclic) bond motifs is 1. The van der Waals surface area contributed by atoms with Gasteiger partial charge in [0.15, 0.2) is 0 Å². The van der Waals surface area contributed by atoms with Gasteiger partial charge in [-0.1, -0.05) is 48.5 Å². The molecule has 0 aliphatic carbocycles. The number of anilines is 1. The Morgan fingerprint density at radius 2 is 1.70 bits per heavy atom. The summed E-state index contributed by atoms with van der Waals surface area (Å²) in [7, 11) is 1.79. The first-order valence-electron chi connectivity index (χ1n) is 6.76. The fourth-order valence-corrected chi connectivity index (χ4v) is 3.19. The lowest BCUT2D eigenvalue weighted by molar-refractivity contribution is -0.122. The summed E-state index contributed by atoms with van der Waals surface area (Å²) in [5, 5.41) is 9.51. The van der Waals surface area contributed by atoms with Crippen LogP contribution in [0.1, 0.15) is 17.5 Å². The number of likely N-dealkylation sites (N-methyl/N-ethyl adjacent to an activating group) is 1. The highest BCUT2D eigenvalue weighted by Crippen LogP contribution is 2.47. The van der Waals surface area contributed by atoms with Crippen molar-refractivity contribution in [3.63, 3.8) is 0 Å². The molecule has 20 heavy (non-hydrogen) atoms. The minimum atomic E-state index is -0.763. The summed E-state index contributed by atoms with van der Waals surface area (Å²) in [6.45, 7) is -0.0250. The van der Waals surface area contributed by atoms with Gasteiger partial charge >= 0.3 is 0 Å². The van der Waals surface area contributed by atoms with Crippen LogP contribution in [0.2, 0.25) is 0 Å². The monoisotopic (exact) mass is 267 g/mol. The minimum Gasteiger partial charge on any atom is -0.396 e. The third-order valence-electron chi connectivity index (χ3n) is 4.15. The molecule has 1 aliphatic heterocycles. The molecule has 102 valence electrons. The van der Waals surface area contributed by atoms with Crippen molar-refractivity contribution in [2.45, 2.75) is 11.8 Å². The van der Waals surface area contributed by atoms with E-state index in [1.165, 1.54) is 0 Å². The van der Waals surface area contributed by atoms with Gasteiger partial charge in [0.2, 0.25) is 5.91 Å². The molecule has 3 rings (SSSR count). The second-order valence-electron chi connectivity index (χ2n) is 5.13. The van der Waals surface area contributed by atoms with E-state index in [2.05, 4.69) is 0 Å². The van der Waals surface area contributed by atoms with Crippen LogP contribution < -0.4 is 4.90 Å². The summed E-state index contributed by atoms with van der Waals surface area (Å²) >= 11 is 0. The molecule has 2 aromatic carbocycles. The molecular formula is C17H17NO2. The first-order chi connectivity index (χ1) is 9.71. The standard InChI is InChI=1S/C17H17NO2/c1-18-15-10-6-5-9-14(15)17(11-12-19,16(18)20)13-7-3-2-4-8-13/h2-10,19H,11-12H2,1H3/t17-/m0/s1. The lowest BCUT2D eigenvalue weighted by Crippen LogP contribution is -2.40. The SMILES string of the molecule is CN1C(=O)[C@@](CCO)(c2ccccc2)c2ccccc21. The lowest BCUT2D eigenvalue weighted by Gasteiger charge is -2.28. The number of carbonyl (C=O) groups excluding carboxylic acids is 1. The molecule has 0 bridgehead atoms. The van der Waals surface area contributed by atoms with Crippen molar-refractivity contribution in [1.82, 2.24) is 0 Å². The first kappa shape index (κ1) is 12.9. The molecule has 1 amide bonds. The number of hydrogen-bond acceptors (Lipinski definition) is 2. The van der Waals surface area contributed by atoms with Crippen LogP contribution in [0.3, 0.4) is 0 Å². The maximum atomic E-state index is 12.9. The molecular weight excluding hydrogens is 250 g/mol. The molecule has 0 radical (unpaired) electrons. The van der Waals surface area contributed by atoms with Crippen LogP contribution in [-0.2, 0) is 10.2 Å². The van der Waals surface area contributed by atoms with Gasteiger partial charge in [0.25, 0.3) is 0 Å². The van der Waals surface area contributed by atoms with Crippen molar-refractivity contribution in [1.29, 1.82) is 0 Å². The van der Waals surface area contributed by atoms with E-state index in [-0.39, 0.29) is 12.5 Å². The number of amides is 1. The average molecular weight is 267 g/mol. The van der Waals surface area contributed by atoms with Crippen LogP contribution in [0.5, 0.6) is 0 Å². The number of hydrogen-bond donors (Lipinski definition) is 1. The third kappa shape index (κ3) is 1.60. The predicted molar refractivity (Wildman–Crippen MR) is 78.8 cm³/mol.